The number of rotatable bonds is 7. The topological polar surface area (TPSA) is 79.3 Å². The fourth-order valence-corrected chi connectivity index (χ4v) is 3.65. The number of hydrogen-bond donors (Lipinski definition) is 1. The number of nitrogens with zero attached hydrogens (tertiary/aromatic N) is 5. The predicted molar refractivity (Wildman–Crippen MR) is 105 cm³/mol. The molecule has 0 saturated carbocycles. The number of piperidine rings is 1. The summed E-state index contributed by atoms with van der Waals surface area (Å²) >= 11 is 0. The minimum Gasteiger partial charge on any atom is -0.383 e. The molecule has 1 unspecified atom stereocenters. The van der Waals surface area contributed by atoms with Crippen LogP contribution in [-0.2, 0) is 11.3 Å². The minimum atomic E-state index is -0.0423. The first-order valence-electron chi connectivity index (χ1n) is 9.51. The highest BCUT2D eigenvalue weighted by Gasteiger charge is 2.24. The number of aromatic amines is 1. The van der Waals surface area contributed by atoms with E-state index in [1.807, 2.05) is 18.9 Å². The fourth-order valence-electron chi connectivity index (χ4n) is 3.65. The van der Waals surface area contributed by atoms with Crippen LogP contribution in [0, 0.1) is 13.8 Å². The summed E-state index contributed by atoms with van der Waals surface area (Å²) in [6, 6.07) is 1.78. The summed E-state index contributed by atoms with van der Waals surface area (Å²) in [5.41, 5.74) is 4.21. The number of likely N-dealkylation sites (N-methyl/N-ethyl adjacent to an activating group) is 1. The Balaban J connectivity index is 1.69. The van der Waals surface area contributed by atoms with Gasteiger partial charge in [-0.3, -0.25) is 14.8 Å². The third kappa shape index (κ3) is 4.56. The predicted octanol–water partition coefficient (Wildman–Crippen LogP) is 1.50. The van der Waals surface area contributed by atoms with Crippen LogP contribution in [0.3, 0.4) is 0 Å². The molecule has 1 aliphatic heterocycles. The van der Waals surface area contributed by atoms with E-state index in [0.717, 1.165) is 56.1 Å². The average Bonchev–Trinajstić information content (AvgIpc) is 2.98. The van der Waals surface area contributed by atoms with Crippen molar-refractivity contribution in [2.75, 3.05) is 45.3 Å². The molecule has 1 saturated heterocycles. The Bertz CT molecular complexity index is 795. The van der Waals surface area contributed by atoms with E-state index in [0.29, 0.717) is 6.61 Å². The summed E-state index contributed by atoms with van der Waals surface area (Å²) in [6.45, 7) is 8.15. The summed E-state index contributed by atoms with van der Waals surface area (Å²) < 4.78 is 6.74. The molecule has 0 radical (unpaired) electrons. The molecule has 1 aliphatic rings. The molecule has 148 valence electrons. The Hall–Kier alpha value is -2.19. The molecule has 2 aromatic rings. The third-order valence-corrected chi connectivity index (χ3v) is 5.37. The average molecular weight is 374 g/mol. The molecule has 0 bridgehead atoms. The van der Waals surface area contributed by atoms with Gasteiger partial charge in [0.05, 0.1) is 30.2 Å². The molecule has 0 aromatic carbocycles. The highest BCUT2D eigenvalue weighted by Crippen LogP contribution is 2.23. The molecular formula is C19H30N6O2. The number of ether oxygens (including phenoxy) is 1. The second-order valence-electron chi connectivity index (χ2n) is 7.35. The molecule has 1 fully saturated rings. The molecular weight excluding hydrogens is 344 g/mol. The molecule has 3 heterocycles. The van der Waals surface area contributed by atoms with E-state index in [1.165, 1.54) is 5.56 Å². The molecule has 27 heavy (non-hydrogen) atoms. The zero-order valence-corrected chi connectivity index (χ0v) is 16.7. The molecule has 1 atom stereocenters. The number of H-pyrrole nitrogens is 1. The molecule has 3 rings (SSSR count). The summed E-state index contributed by atoms with van der Waals surface area (Å²) in [7, 11) is 3.61. The number of anilines is 1. The van der Waals surface area contributed by atoms with Crippen LogP contribution in [0.15, 0.2) is 17.1 Å². The van der Waals surface area contributed by atoms with Gasteiger partial charge in [-0.2, -0.15) is 10.2 Å². The van der Waals surface area contributed by atoms with E-state index in [4.69, 9.17) is 4.74 Å². The summed E-state index contributed by atoms with van der Waals surface area (Å²) in [5.74, 6) is 0. The van der Waals surface area contributed by atoms with Crippen molar-refractivity contribution in [3.8, 4) is 0 Å². The van der Waals surface area contributed by atoms with E-state index in [-0.39, 0.29) is 11.6 Å². The van der Waals surface area contributed by atoms with E-state index in [1.54, 1.807) is 24.1 Å². The number of aryl methyl sites for hydroxylation is 2. The number of hydrogen-bond acceptors (Lipinski definition) is 6. The summed E-state index contributed by atoms with van der Waals surface area (Å²) in [4.78, 5) is 17.0. The van der Waals surface area contributed by atoms with E-state index in [9.17, 15) is 4.79 Å². The highest BCUT2D eigenvalue weighted by molar-refractivity contribution is 5.41. The van der Waals surface area contributed by atoms with Gasteiger partial charge in [0.1, 0.15) is 0 Å². The first-order chi connectivity index (χ1) is 13.0. The smallest absolute Gasteiger partial charge is 0.269 e. The Morgan fingerprint density at radius 3 is 2.89 bits per heavy atom. The number of methoxy groups -OCH3 is 1. The van der Waals surface area contributed by atoms with Crippen molar-refractivity contribution in [1.29, 1.82) is 0 Å². The van der Waals surface area contributed by atoms with Gasteiger partial charge in [-0.05, 0) is 33.2 Å². The zero-order valence-electron chi connectivity index (χ0n) is 16.7. The summed E-state index contributed by atoms with van der Waals surface area (Å²) in [6.07, 6.45) is 3.82. The Morgan fingerprint density at radius 1 is 1.41 bits per heavy atom. The quantitative estimate of drug-likeness (QED) is 0.791. The van der Waals surface area contributed by atoms with Crippen LogP contribution in [0.1, 0.15) is 35.8 Å². The first-order valence-corrected chi connectivity index (χ1v) is 9.51. The largest absolute Gasteiger partial charge is 0.383 e. The lowest BCUT2D eigenvalue weighted by atomic mass is 10.0. The van der Waals surface area contributed by atoms with Crippen molar-refractivity contribution in [3.05, 3.63) is 39.6 Å². The van der Waals surface area contributed by atoms with Crippen LogP contribution in [-0.4, -0.2) is 65.3 Å². The van der Waals surface area contributed by atoms with Crippen molar-refractivity contribution in [1.82, 2.24) is 24.9 Å². The standard InChI is InChI=1S/C19H30N6O2/c1-14-18(15(2)22-21-14)13-24-7-5-6-16(12-24)25-19(26)10-17(11-20-25)23(3)8-9-27-4/h10-11,16H,5-9,12-13H2,1-4H3,(H,21,22). The molecule has 8 nitrogen and oxygen atoms in total. The fraction of sp³-hybridized carbons (Fsp3) is 0.632. The van der Waals surface area contributed by atoms with Gasteiger partial charge in [0.15, 0.2) is 0 Å². The normalized spacial score (nSPS) is 18.0. The van der Waals surface area contributed by atoms with Gasteiger partial charge in [-0.15, -0.1) is 0 Å². The Morgan fingerprint density at radius 2 is 2.22 bits per heavy atom. The van der Waals surface area contributed by atoms with Crippen LogP contribution in [0.4, 0.5) is 5.69 Å². The van der Waals surface area contributed by atoms with Gasteiger partial charge in [-0.25, -0.2) is 4.68 Å². The highest BCUT2D eigenvalue weighted by atomic mass is 16.5. The van der Waals surface area contributed by atoms with Crippen molar-refractivity contribution in [3.63, 3.8) is 0 Å². The maximum absolute atomic E-state index is 12.7. The van der Waals surface area contributed by atoms with E-state index in [2.05, 4.69) is 27.1 Å². The number of nitrogens with one attached hydrogen (secondary N) is 1. The lowest BCUT2D eigenvalue weighted by molar-refractivity contribution is 0.159. The van der Waals surface area contributed by atoms with Crippen molar-refractivity contribution < 1.29 is 4.74 Å². The van der Waals surface area contributed by atoms with Gasteiger partial charge in [0.2, 0.25) is 0 Å². The Kier molecular flexibility index (Phi) is 6.28. The van der Waals surface area contributed by atoms with Gasteiger partial charge in [-0.1, -0.05) is 0 Å². The van der Waals surface area contributed by atoms with Crippen molar-refractivity contribution >= 4 is 5.69 Å². The van der Waals surface area contributed by atoms with Crippen molar-refractivity contribution in [2.24, 2.45) is 0 Å². The van der Waals surface area contributed by atoms with Gasteiger partial charge in [0, 0.05) is 51.1 Å². The number of likely N-dealkylation sites (tertiary alicyclic amines) is 1. The molecule has 0 spiro atoms. The molecule has 0 amide bonds. The monoisotopic (exact) mass is 374 g/mol. The SMILES string of the molecule is COCCN(C)c1cnn(C2CCCN(Cc3c(C)n[nH]c3C)C2)c(=O)c1. The number of aromatic nitrogens is 4. The zero-order chi connectivity index (χ0) is 19.4. The maximum Gasteiger partial charge on any atom is 0.269 e. The Labute approximate surface area is 160 Å². The van der Waals surface area contributed by atoms with Crippen molar-refractivity contribution in [2.45, 2.75) is 39.3 Å². The lowest BCUT2D eigenvalue weighted by Crippen LogP contribution is -2.40. The van der Waals surface area contributed by atoms with Gasteiger partial charge >= 0.3 is 0 Å². The van der Waals surface area contributed by atoms with Crippen LogP contribution in [0.25, 0.3) is 0 Å². The van der Waals surface area contributed by atoms with Gasteiger partial charge in [0.25, 0.3) is 5.56 Å². The second-order valence-corrected chi connectivity index (χ2v) is 7.35. The maximum atomic E-state index is 12.7. The van der Waals surface area contributed by atoms with Crippen LogP contribution in [0.5, 0.6) is 0 Å². The first kappa shape index (κ1) is 19.6. The van der Waals surface area contributed by atoms with Crippen LogP contribution >= 0.6 is 0 Å². The molecule has 1 N–H and O–H groups in total. The second kappa shape index (κ2) is 8.67. The van der Waals surface area contributed by atoms with E-state index >= 15 is 0 Å². The molecule has 0 aliphatic carbocycles. The summed E-state index contributed by atoms with van der Waals surface area (Å²) in [5, 5.41) is 11.8. The molecule has 2 aromatic heterocycles. The van der Waals surface area contributed by atoms with Crippen LogP contribution in [0.2, 0.25) is 0 Å². The van der Waals surface area contributed by atoms with Gasteiger partial charge < -0.3 is 9.64 Å². The minimum absolute atomic E-state index is 0.0423. The van der Waals surface area contributed by atoms with E-state index < -0.39 is 0 Å². The third-order valence-electron chi connectivity index (χ3n) is 5.37. The van der Waals surface area contributed by atoms with Crippen LogP contribution < -0.4 is 10.5 Å². The molecule has 8 heteroatoms. The lowest BCUT2D eigenvalue weighted by Gasteiger charge is -2.33.